The fraction of sp³-hybridized carbons (Fsp3) is 0.556. The van der Waals surface area contributed by atoms with Crippen LogP contribution in [0.25, 0.3) is 0 Å². The number of hydrogen-bond donors (Lipinski definition) is 0. The number of pyridine rings is 1. The Balaban J connectivity index is 1.58. The summed E-state index contributed by atoms with van der Waals surface area (Å²) in [7, 11) is 4.07. The molecule has 0 aromatic carbocycles. The summed E-state index contributed by atoms with van der Waals surface area (Å²) in [5.41, 5.74) is 2.65. The van der Waals surface area contributed by atoms with Gasteiger partial charge in [-0.1, -0.05) is 6.07 Å². The lowest BCUT2D eigenvalue weighted by Gasteiger charge is -2.23. The lowest BCUT2D eigenvalue weighted by atomic mass is 10.0. The van der Waals surface area contributed by atoms with Crippen LogP contribution in [0.1, 0.15) is 37.3 Å². The van der Waals surface area contributed by atoms with Crippen molar-refractivity contribution in [3.05, 3.63) is 41.9 Å². The topological polar surface area (TPSA) is 37.2 Å². The van der Waals surface area contributed by atoms with Gasteiger partial charge in [0, 0.05) is 51.5 Å². The van der Waals surface area contributed by atoms with E-state index in [-0.39, 0.29) is 0 Å². The summed E-state index contributed by atoms with van der Waals surface area (Å²) in [5, 5.41) is 4.29. The lowest BCUT2D eigenvalue weighted by molar-refractivity contribution is 0.326. The number of likely N-dealkylation sites (tertiary alicyclic amines) is 1. The number of anilines is 1. The van der Waals surface area contributed by atoms with Gasteiger partial charge < -0.3 is 4.90 Å². The fourth-order valence-electron chi connectivity index (χ4n) is 3.14. The second-order valence-electron chi connectivity index (χ2n) is 6.90. The largest absolute Gasteiger partial charge is 0.357 e. The summed E-state index contributed by atoms with van der Waals surface area (Å²) in [6, 6.07) is 4.80. The third-order valence-corrected chi connectivity index (χ3v) is 4.82. The van der Waals surface area contributed by atoms with Crippen LogP contribution >= 0.6 is 0 Å². The monoisotopic (exact) mass is 313 g/mol. The first-order valence-corrected chi connectivity index (χ1v) is 8.41. The van der Waals surface area contributed by atoms with Crippen molar-refractivity contribution in [3.8, 4) is 0 Å². The normalized spacial score (nSPS) is 18.7. The van der Waals surface area contributed by atoms with E-state index >= 15 is 0 Å². The average molecular weight is 313 g/mol. The summed E-state index contributed by atoms with van der Waals surface area (Å²) >= 11 is 0. The van der Waals surface area contributed by atoms with Crippen molar-refractivity contribution in [3.63, 3.8) is 0 Å². The van der Waals surface area contributed by atoms with Crippen LogP contribution in [0, 0.1) is 0 Å². The van der Waals surface area contributed by atoms with Crippen molar-refractivity contribution in [1.82, 2.24) is 19.7 Å². The van der Waals surface area contributed by atoms with E-state index in [0.29, 0.717) is 12.0 Å². The number of aromatic nitrogens is 3. The van der Waals surface area contributed by atoms with Gasteiger partial charge >= 0.3 is 0 Å². The molecule has 0 aliphatic carbocycles. The van der Waals surface area contributed by atoms with E-state index in [9.17, 15) is 0 Å². The zero-order chi connectivity index (χ0) is 16.4. The second-order valence-corrected chi connectivity index (χ2v) is 6.90. The Morgan fingerprint density at radius 1 is 1.30 bits per heavy atom. The molecule has 2 aromatic rings. The third kappa shape index (κ3) is 3.72. The quantitative estimate of drug-likeness (QED) is 0.850. The van der Waals surface area contributed by atoms with Gasteiger partial charge in [-0.25, -0.2) is 4.98 Å². The highest BCUT2D eigenvalue weighted by Gasteiger charge is 2.24. The molecule has 3 rings (SSSR count). The first-order valence-electron chi connectivity index (χ1n) is 8.41. The number of aryl methyl sites for hydroxylation is 1. The zero-order valence-electron chi connectivity index (χ0n) is 14.6. The van der Waals surface area contributed by atoms with Gasteiger partial charge in [0.1, 0.15) is 5.82 Å². The minimum Gasteiger partial charge on any atom is -0.357 e. The summed E-state index contributed by atoms with van der Waals surface area (Å²) in [6.07, 6.45) is 7.39. The van der Waals surface area contributed by atoms with Gasteiger partial charge in [0.2, 0.25) is 0 Å². The highest BCUT2D eigenvalue weighted by atomic mass is 15.2. The highest BCUT2D eigenvalue weighted by Crippen LogP contribution is 2.27. The molecule has 3 heterocycles. The molecule has 0 N–H and O–H groups in total. The Morgan fingerprint density at radius 2 is 2.13 bits per heavy atom. The van der Waals surface area contributed by atoms with Crippen molar-refractivity contribution in [2.75, 3.05) is 25.0 Å². The standard InChI is InChI=1S/C18H27N5/c1-14(2)22(4)18-6-5-15(9-19-18)11-23-8-7-16(13-23)17-10-20-21(3)12-17/h5-6,9-10,12,14,16H,7-8,11,13H2,1-4H3/t16-/m0/s1. The van der Waals surface area contributed by atoms with Crippen LogP contribution in [0.2, 0.25) is 0 Å². The molecule has 1 fully saturated rings. The first-order chi connectivity index (χ1) is 11.0. The molecule has 1 saturated heterocycles. The van der Waals surface area contributed by atoms with E-state index < -0.39 is 0 Å². The summed E-state index contributed by atoms with van der Waals surface area (Å²) in [5.74, 6) is 1.65. The Hall–Kier alpha value is -1.88. The van der Waals surface area contributed by atoms with Crippen LogP contribution in [0.5, 0.6) is 0 Å². The van der Waals surface area contributed by atoms with Gasteiger partial charge in [-0.15, -0.1) is 0 Å². The third-order valence-electron chi connectivity index (χ3n) is 4.82. The Morgan fingerprint density at radius 3 is 2.74 bits per heavy atom. The maximum Gasteiger partial charge on any atom is 0.128 e. The number of hydrogen-bond acceptors (Lipinski definition) is 4. The molecular weight excluding hydrogens is 286 g/mol. The van der Waals surface area contributed by atoms with Gasteiger partial charge in [0.25, 0.3) is 0 Å². The average Bonchev–Trinajstić information content (AvgIpc) is 3.16. The van der Waals surface area contributed by atoms with Gasteiger partial charge in [0.15, 0.2) is 0 Å². The van der Waals surface area contributed by atoms with Crippen LogP contribution in [0.4, 0.5) is 5.82 Å². The SMILES string of the molecule is CC(C)N(C)c1ccc(CN2CC[C@H](c3cnn(C)c3)C2)cn1. The molecule has 1 aliphatic heterocycles. The molecule has 0 bridgehead atoms. The molecule has 124 valence electrons. The van der Waals surface area contributed by atoms with E-state index in [2.05, 4.69) is 59.1 Å². The van der Waals surface area contributed by atoms with Crippen molar-refractivity contribution < 1.29 is 0 Å². The second kappa shape index (κ2) is 6.71. The van der Waals surface area contributed by atoms with Crippen molar-refractivity contribution in [2.24, 2.45) is 7.05 Å². The minimum atomic E-state index is 0.465. The predicted octanol–water partition coefficient (Wildman–Crippen LogP) is 2.65. The van der Waals surface area contributed by atoms with E-state index in [1.807, 2.05) is 24.1 Å². The Labute approximate surface area is 138 Å². The van der Waals surface area contributed by atoms with Crippen LogP contribution in [0.3, 0.4) is 0 Å². The summed E-state index contributed by atoms with van der Waals surface area (Å²) < 4.78 is 1.89. The molecule has 0 unspecified atom stereocenters. The molecular formula is C18H27N5. The molecule has 5 heteroatoms. The van der Waals surface area contributed by atoms with E-state index in [4.69, 9.17) is 0 Å². The summed E-state index contributed by atoms with van der Waals surface area (Å²) in [6.45, 7) is 7.60. The van der Waals surface area contributed by atoms with E-state index in [0.717, 1.165) is 25.5 Å². The van der Waals surface area contributed by atoms with Gasteiger partial charge in [0.05, 0.1) is 6.20 Å². The van der Waals surface area contributed by atoms with E-state index in [1.165, 1.54) is 17.5 Å². The van der Waals surface area contributed by atoms with Gasteiger partial charge in [-0.3, -0.25) is 9.58 Å². The lowest BCUT2D eigenvalue weighted by Crippen LogP contribution is -2.26. The molecule has 1 aliphatic rings. The van der Waals surface area contributed by atoms with Gasteiger partial charge in [-0.05, 0) is 44.0 Å². The van der Waals surface area contributed by atoms with Crippen molar-refractivity contribution >= 4 is 5.82 Å². The Bertz CT molecular complexity index is 631. The number of rotatable bonds is 5. The maximum absolute atomic E-state index is 4.61. The zero-order valence-corrected chi connectivity index (χ0v) is 14.6. The van der Waals surface area contributed by atoms with Gasteiger partial charge in [-0.2, -0.15) is 5.10 Å². The molecule has 0 amide bonds. The Kier molecular flexibility index (Phi) is 4.66. The molecule has 2 aromatic heterocycles. The van der Waals surface area contributed by atoms with Crippen LogP contribution < -0.4 is 4.90 Å². The molecule has 0 radical (unpaired) electrons. The van der Waals surface area contributed by atoms with Crippen molar-refractivity contribution in [2.45, 2.75) is 38.8 Å². The maximum atomic E-state index is 4.61. The smallest absolute Gasteiger partial charge is 0.128 e. The molecule has 5 nitrogen and oxygen atoms in total. The van der Waals surface area contributed by atoms with Crippen LogP contribution in [-0.4, -0.2) is 45.8 Å². The first kappa shape index (κ1) is 16.0. The number of nitrogens with zero attached hydrogens (tertiary/aromatic N) is 5. The fourth-order valence-corrected chi connectivity index (χ4v) is 3.14. The molecule has 1 atom stereocenters. The molecule has 23 heavy (non-hydrogen) atoms. The predicted molar refractivity (Wildman–Crippen MR) is 93.6 cm³/mol. The molecule has 0 saturated carbocycles. The molecule has 0 spiro atoms. The van der Waals surface area contributed by atoms with Crippen LogP contribution in [-0.2, 0) is 13.6 Å². The summed E-state index contributed by atoms with van der Waals surface area (Å²) in [4.78, 5) is 9.32. The minimum absolute atomic E-state index is 0.465. The van der Waals surface area contributed by atoms with Crippen LogP contribution in [0.15, 0.2) is 30.7 Å². The van der Waals surface area contributed by atoms with Crippen molar-refractivity contribution in [1.29, 1.82) is 0 Å². The van der Waals surface area contributed by atoms with E-state index in [1.54, 1.807) is 0 Å². The highest BCUT2D eigenvalue weighted by molar-refractivity contribution is 5.39.